The van der Waals surface area contributed by atoms with Crippen molar-refractivity contribution in [3.63, 3.8) is 0 Å². The molecule has 7 nitrogen and oxygen atoms in total. The molecule has 1 spiro atoms. The smallest absolute Gasteiger partial charge is 0.317 e. The largest absolute Gasteiger partial charge is 0.345 e. The molecule has 3 aromatic heterocycles. The number of nitrogens with zero attached hydrogens (tertiary/aromatic N) is 4. The van der Waals surface area contributed by atoms with E-state index in [1.54, 1.807) is 6.20 Å². The monoisotopic (exact) mass is 426 g/mol. The number of pyridine rings is 1. The second-order valence-electron chi connectivity index (χ2n) is 8.87. The predicted molar refractivity (Wildman–Crippen MR) is 118 cm³/mol. The molecule has 0 saturated carbocycles. The molecule has 5 rings (SSSR count). The van der Waals surface area contributed by atoms with Gasteiger partial charge in [0.05, 0.1) is 10.7 Å². The zero-order valence-corrected chi connectivity index (χ0v) is 18.2. The van der Waals surface area contributed by atoms with E-state index < -0.39 is 0 Å². The van der Waals surface area contributed by atoms with E-state index in [4.69, 9.17) is 16.7 Å². The molecule has 30 heavy (non-hydrogen) atoms. The van der Waals surface area contributed by atoms with Gasteiger partial charge in [0.1, 0.15) is 5.65 Å². The molecule has 158 valence electrons. The van der Waals surface area contributed by atoms with Crippen molar-refractivity contribution >= 4 is 28.7 Å². The lowest BCUT2D eigenvalue weighted by Crippen LogP contribution is -2.51. The van der Waals surface area contributed by atoms with Gasteiger partial charge in [0.2, 0.25) is 0 Å². The van der Waals surface area contributed by atoms with Crippen LogP contribution in [0.5, 0.6) is 0 Å². The Labute approximate surface area is 180 Å². The molecular weight excluding hydrogens is 400 g/mol. The number of likely N-dealkylation sites (tertiary alicyclic amines) is 1. The van der Waals surface area contributed by atoms with Crippen LogP contribution in [0.15, 0.2) is 24.5 Å². The number of aromatic amines is 1. The van der Waals surface area contributed by atoms with Crippen molar-refractivity contribution in [2.45, 2.75) is 57.5 Å². The Bertz CT molecular complexity index is 1090. The second kappa shape index (κ2) is 7.30. The number of piperidine rings is 1. The molecule has 5 heterocycles. The van der Waals surface area contributed by atoms with Crippen LogP contribution in [0.1, 0.15) is 45.2 Å². The van der Waals surface area contributed by atoms with Gasteiger partial charge in [-0.05, 0) is 51.7 Å². The summed E-state index contributed by atoms with van der Waals surface area (Å²) in [5, 5.41) is 9.52. The van der Waals surface area contributed by atoms with E-state index in [-0.39, 0.29) is 17.5 Å². The number of halogens is 1. The van der Waals surface area contributed by atoms with Crippen LogP contribution < -0.4 is 5.32 Å². The topological polar surface area (TPSA) is 78.8 Å². The molecule has 8 heteroatoms. The molecule has 0 atom stereocenters. The Hall–Kier alpha value is -2.54. The quantitative estimate of drug-likeness (QED) is 0.640. The van der Waals surface area contributed by atoms with Gasteiger partial charge in [-0.3, -0.25) is 4.68 Å². The van der Waals surface area contributed by atoms with Crippen LogP contribution in [0.2, 0.25) is 5.02 Å². The van der Waals surface area contributed by atoms with Gasteiger partial charge in [-0.15, -0.1) is 0 Å². The summed E-state index contributed by atoms with van der Waals surface area (Å²) in [6.45, 7) is 6.50. The Kier molecular flexibility index (Phi) is 4.73. The summed E-state index contributed by atoms with van der Waals surface area (Å²) in [6, 6.07) is 4.49. The molecule has 2 amide bonds. The highest BCUT2D eigenvalue weighted by molar-refractivity contribution is 6.35. The highest BCUT2D eigenvalue weighted by Crippen LogP contribution is 2.43. The fourth-order valence-electron chi connectivity index (χ4n) is 4.94. The number of carbonyl (C=O) groups excluding carboxylic acids is 1. The minimum atomic E-state index is 0.0487. The van der Waals surface area contributed by atoms with E-state index in [0.717, 1.165) is 67.6 Å². The summed E-state index contributed by atoms with van der Waals surface area (Å²) in [5.41, 5.74) is 4.11. The second-order valence-corrected chi connectivity index (χ2v) is 9.28. The number of aromatic nitrogens is 4. The Morgan fingerprint density at radius 2 is 2.03 bits per heavy atom. The van der Waals surface area contributed by atoms with Crippen LogP contribution in [-0.4, -0.2) is 49.8 Å². The van der Waals surface area contributed by atoms with Gasteiger partial charge in [-0.25, -0.2) is 9.78 Å². The third-order valence-corrected chi connectivity index (χ3v) is 6.86. The minimum Gasteiger partial charge on any atom is -0.345 e. The fourth-order valence-corrected chi connectivity index (χ4v) is 5.14. The molecule has 0 radical (unpaired) electrons. The molecule has 0 bridgehead atoms. The lowest BCUT2D eigenvalue weighted by molar-refractivity contribution is 0.137. The predicted octanol–water partition coefficient (Wildman–Crippen LogP) is 4.33. The van der Waals surface area contributed by atoms with Crippen molar-refractivity contribution in [3.05, 3.63) is 35.2 Å². The lowest BCUT2D eigenvalue weighted by Gasteiger charge is -2.44. The van der Waals surface area contributed by atoms with E-state index in [9.17, 15) is 4.79 Å². The molecule has 3 aromatic rings. The number of H-pyrrole nitrogens is 1. The van der Waals surface area contributed by atoms with Gasteiger partial charge in [0.15, 0.2) is 0 Å². The lowest BCUT2D eigenvalue weighted by atomic mass is 9.70. The van der Waals surface area contributed by atoms with Crippen molar-refractivity contribution in [1.29, 1.82) is 0 Å². The number of hydrogen-bond acceptors (Lipinski definition) is 3. The first-order chi connectivity index (χ1) is 14.4. The summed E-state index contributed by atoms with van der Waals surface area (Å²) in [6.07, 6.45) is 7.84. The molecule has 2 aliphatic heterocycles. The third-order valence-electron chi connectivity index (χ3n) is 6.54. The first-order valence-corrected chi connectivity index (χ1v) is 11.1. The van der Waals surface area contributed by atoms with Crippen LogP contribution in [-0.2, 0) is 12.0 Å². The van der Waals surface area contributed by atoms with Crippen molar-refractivity contribution in [2.24, 2.45) is 0 Å². The van der Waals surface area contributed by atoms with Crippen molar-refractivity contribution in [2.75, 3.05) is 13.1 Å². The number of rotatable bonds is 2. The number of fused-ring (bicyclic) bond motifs is 3. The molecule has 0 aliphatic carbocycles. The summed E-state index contributed by atoms with van der Waals surface area (Å²) in [4.78, 5) is 21.9. The van der Waals surface area contributed by atoms with Gasteiger partial charge in [-0.1, -0.05) is 11.6 Å². The number of nitrogens with one attached hydrogen (secondary N) is 2. The molecular formula is C22H27ClN6O. The van der Waals surface area contributed by atoms with E-state index in [0.29, 0.717) is 5.02 Å². The first-order valence-electron chi connectivity index (χ1n) is 10.7. The average Bonchev–Trinajstić information content (AvgIpc) is 3.33. The summed E-state index contributed by atoms with van der Waals surface area (Å²) >= 11 is 6.29. The molecule has 1 fully saturated rings. The molecule has 2 N–H and O–H groups in total. The molecule has 2 aliphatic rings. The molecule has 1 saturated heterocycles. The van der Waals surface area contributed by atoms with Gasteiger partial charge in [0.25, 0.3) is 0 Å². The number of amides is 2. The molecule has 0 aromatic carbocycles. The van der Waals surface area contributed by atoms with E-state index in [2.05, 4.69) is 32.1 Å². The van der Waals surface area contributed by atoms with Crippen LogP contribution in [0.25, 0.3) is 22.3 Å². The standard InChI is InChI=1S/C22H27ClN6O/c1-14(2)26-21(30)28-8-5-22(6-9-28)4-3-7-29-19(22)11-18(27-29)15-10-16-17(23)13-25-20(16)24-12-15/h10-14H,3-9H2,1-2H3,(H,24,25)(H,26,30). The third kappa shape index (κ3) is 3.25. The zero-order valence-electron chi connectivity index (χ0n) is 17.4. The SMILES string of the molecule is CC(C)NC(=O)N1CCC2(CCCn3nc(-c4cnc5[nH]cc(Cl)c5c4)cc32)CC1. The van der Waals surface area contributed by atoms with Crippen LogP contribution in [0, 0.1) is 0 Å². The first kappa shape index (κ1) is 19.4. The Morgan fingerprint density at radius 3 is 2.80 bits per heavy atom. The maximum Gasteiger partial charge on any atom is 0.317 e. The van der Waals surface area contributed by atoms with Crippen LogP contribution in [0.3, 0.4) is 0 Å². The highest BCUT2D eigenvalue weighted by atomic mass is 35.5. The summed E-state index contributed by atoms with van der Waals surface area (Å²) in [5.74, 6) is 0. The van der Waals surface area contributed by atoms with Crippen molar-refractivity contribution in [3.8, 4) is 11.3 Å². The highest BCUT2D eigenvalue weighted by Gasteiger charge is 2.41. The number of hydrogen-bond donors (Lipinski definition) is 2. The van der Waals surface area contributed by atoms with Gasteiger partial charge in [0, 0.05) is 60.1 Å². The van der Waals surface area contributed by atoms with Gasteiger partial charge in [-0.2, -0.15) is 5.10 Å². The summed E-state index contributed by atoms with van der Waals surface area (Å²) < 4.78 is 2.17. The van der Waals surface area contributed by atoms with E-state index in [1.807, 2.05) is 24.9 Å². The normalized spacial score (nSPS) is 18.2. The van der Waals surface area contributed by atoms with Crippen LogP contribution >= 0.6 is 11.6 Å². The maximum absolute atomic E-state index is 12.4. The number of urea groups is 1. The van der Waals surface area contributed by atoms with Gasteiger partial charge >= 0.3 is 6.03 Å². The maximum atomic E-state index is 12.4. The fraction of sp³-hybridized carbons (Fsp3) is 0.500. The minimum absolute atomic E-state index is 0.0487. The Morgan fingerprint density at radius 1 is 1.23 bits per heavy atom. The van der Waals surface area contributed by atoms with E-state index >= 15 is 0 Å². The van der Waals surface area contributed by atoms with Crippen molar-refractivity contribution in [1.82, 2.24) is 30.0 Å². The number of aryl methyl sites for hydroxylation is 1. The summed E-state index contributed by atoms with van der Waals surface area (Å²) in [7, 11) is 0. The average molecular weight is 427 g/mol. The number of carbonyl (C=O) groups is 1. The Balaban J connectivity index is 1.42. The van der Waals surface area contributed by atoms with Gasteiger partial charge < -0.3 is 15.2 Å². The van der Waals surface area contributed by atoms with Crippen LogP contribution in [0.4, 0.5) is 4.79 Å². The van der Waals surface area contributed by atoms with E-state index in [1.165, 1.54) is 5.69 Å². The van der Waals surface area contributed by atoms with Crippen molar-refractivity contribution < 1.29 is 4.79 Å². The zero-order chi connectivity index (χ0) is 20.9. The molecule has 0 unspecified atom stereocenters.